The molecule has 4 aromatic rings. The lowest BCUT2D eigenvalue weighted by Gasteiger charge is -2.39. The average molecular weight is 465 g/mol. The molecule has 2 aromatic heterocycles. The molecule has 8 nitrogen and oxygen atoms in total. The van der Waals surface area contributed by atoms with Crippen LogP contribution >= 0.6 is 0 Å². The smallest absolute Gasteiger partial charge is 0.243 e. The Kier molecular flexibility index (Phi) is 5.33. The van der Waals surface area contributed by atoms with Crippen LogP contribution in [0.25, 0.3) is 16.6 Å². The maximum Gasteiger partial charge on any atom is 0.243 e. The molecule has 1 fully saturated rings. The highest BCUT2D eigenvalue weighted by atomic mass is 32.2. The number of piperazine rings is 1. The van der Waals surface area contributed by atoms with Crippen molar-refractivity contribution in [1.82, 2.24) is 23.9 Å². The van der Waals surface area contributed by atoms with Crippen LogP contribution in [0.1, 0.15) is 38.1 Å². The van der Waals surface area contributed by atoms with Crippen LogP contribution in [0.2, 0.25) is 0 Å². The van der Waals surface area contributed by atoms with Crippen LogP contribution < -0.4 is 4.90 Å². The second kappa shape index (κ2) is 8.07. The van der Waals surface area contributed by atoms with Crippen molar-refractivity contribution in [3.63, 3.8) is 0 Å². The van der Waals surface area contributed by atoms with Crippen molar-refractivity contribution in [2.24, 2.45) is 0 Å². The normalized spacial score (nSPS) is 18.0. The van der Waals surface area contributed by atoms with Crippen LogP contribution in [-0.4, -0.2) is 58.0 Å². The van der Waals surface area contributed by atoms with Crippen LogP contribution in [0.3, 0.4) is 0 Å². The number of nitrogens with zero attached hydrogens (tertiary/aromatic N) is 6. The van der Waals surface area contributed by atoms with E-state index in [1.807, 2.05) is 48.6 Å². The van der Waals surface area contributed by atoms with Crippen LogP contribution in [0.5, 0.6) is 0 Å². The summed E-state index contributed by atoms with van der Waals surface area (Å²) in [7, 11) is -3.57. The predicted molar refractivity (Wildman–Crippen MR) is 129 cm³/mol. The van der Waals surface area contributed by atoms with Gasteiger partial charge in [-0.05, 0) is 43.7 Å². The molecule has 0 bridgehead atoms. The predicted octanol–water partition coefficient (Wildman–Crippen LogP) is 3.61. The Morgan fingerprint density at radius 3 is 2.55 bits per heavy atom. The third kappa shape index (κ3) is 3.65. The van der Waals surface area contributed by atoms with E-state index in [-0.39, 0.29) is 12.0 Å². The Bertz CT molecular complexity index is 1450. The van der Waals surface area contributed by atoms with Gasteiger partial charge in [-0.15, -0.1) is 10.2 Å². The van der Waals surface area contributed by atoms with Crippen molar-refractivity contribution in [2.75, 3.05) is 24.5 Å². The molecule has 0 amide bonds. The number of aryl methyl sites for hydroxylation is 1. The van der Waals surface area contributed by atoms with E-state index in [4.69, 9.17) is 4.98 Å². The minimum Gasteiger partial charge on any atom is -0.339 e. The van der Waals surface area contributed by atoms with Crippen molar-refractivity contribution in [1.29, 1.82) is 0 Å². The molecule has 1 atom stereocenters. The Morgan fingerprint density at radius 2 is 1.82 bits per heavy atom. The summed E-state index contributed by atoms with van der Waals surface area (Å²) in [6.07, 6.45) is 0. The number of hydrogen-bond donors (Lipinski definition) is 0. The summed E-state index contributed by atoms with van der Waals surface area (Å²) < 4.78 is 30.3. The highest BCUT2D eigenvalue weighted by molar-refractivity contribution is 7.89. The molecule has 5 rings (SSSR count). The zero-order chi connectivity index (χ0) is 23.3. The highest BCUT2D eigenvalue weighted by Gasteiger charge is 2.35. The first-order valence-corrected chi connectivity index (χ1v) is 12.7. The summed E-state index contributed by atoms with van der Waals surface area (Å²) in [5.74, 6) is 1.78. The zero-order valence-electron chi connectivity index (χ0n) is 19.3. The highest BCUT2D eigenvalue weighted by Crippen LogP contribution is 2.29. The third-order valence-electron chi connectivity index (χ3n) is 6.22. The number of para-hydroxylation sites is 1. The molecule has 0 spiro atoms. The number of benzene rings is 2. The number of rotatable bonds is 4. The van der Waals surface area contributed by atoms with Crippen molar-refractivity contribution in [3.8, 4) is 0 Å². The van der Waals surface area contributed by atoms with E-state index in [1.165, 1.54) is 0 Å². The number of hydrogen-bond acceptors (Lipinski definition) is 6. The maximum absolute atomic E-state index is 13.3. The van der Waals surface area contributed by atoms with E-state index in [2.05, 4.69) is 28.9 Å². The van der Waals surface area contributed by atoms with Gasteiger partial charge in [-0.3, -0.25) is 0 Å². The van der Waals surface area contributed by atoms with Crippen LogP contribution in [0, 0.1) is 6.92 Å². The van der Waals surface area contributed by atoms with Crippen LogP contribution in [-0.2, 0) is 10.0 Å². The molecule has 2 aromatic carbocycles. The van der Waals surface area contributed by atoms with Crippen molar-refractivity contribution in [3.05, 3.63) is 59.9 Å². The van der Waals surface area contributed by atoms with Gasteiger partial charge in [0.05, 0.1) is 10.4 Å². The number of anilines is 1. The van der Waals surface area contributed by atoms with Crippen molar-refractivity contribution in [2.45, 2.75) is 44.6 Å². The van der Waals surface area contributed by atoms with Gasteiger partial charge in [-0.2, -0.15) is 4.31 Å². The first kappa shape index (κ1) is 21.8. The lowest BCUT2D eigenvalue weighted by molar-refractivity contribution is 0.304. The SMILES string of the molecule is Cc1cccc(S(=O)(=O)N2CCN(c3nc4ccccc4c4nnc(C(C)C)n34)C[C@@H]2C)c1. The molecule has 33 heavy (non-hydrogen) atoms. The standard InChI is InChI=1S/C24H28N6O2S/c1-16(2)22-26-27-23-20-10-5-6-11-21(20)25-24(30(22)23)28-12-13-29(18(4)15-28)33(31,32)19-9-7-8-17(3)14-19/h5-11,14,16,18H,12-13,15H2,1-4H3/t18-/m0/s1. The van der Waals surface area contributed by atoms with Gasteiger partial charge in [0.15, 0.2) is 5.65 Å². The van der Waals surface area contributed by atoms with Gasteiger partial charge in [0.25, 0.3) is 0 Å². The van der Waals surface area contributed by atoms with Gasteiger partial charge >= 0.3 is 0 Å². The fourth-order valence-corrected chi connectivity index (χ4v) is 6.28. The van der Waals surface area contributed by atoms with Crippen LogP contribution in [0.4, 0.5) is 5.95 Å². The summed E-state index contributed by atoms with van der Waals surface area (Å²) >= 11 is 0. The molecule has 172 valence electrons. The zero-order valence-corrected chi connectivity index (χ0v) is 20.1. The molecule has 3 heterocycles. The quantitative estimate of drug-likeness (QED) is 0.459. The van der Waals surface area contributed by atoms with Gasteiger partial charge in [-0.1, -0.05) is 38.1 Å². The fraction of sp³-hybridized carbons (Fsp3) is 0.375. The summed E-state index contributed by atoms with van der Waals surface area (Å²) in [5, 5.41) is 9.90. The summed E-state index contributed by atoms with van der Waals surface area (Å²) in [6.45, 7) is 9.48. The molecule has 1 saturated heterocycles. The van der Waals surface area contributed by atoms with Gasteiger partial charge in [0.2, 0.25) is 16.0 Å². The second-order valence-corrected chi connectivity index (χ2v) is 10.9. The molecule has 0 radical (unpaired) electrons. The second-order valence-electron chi connectivity index (χ2n) is 9.03. The minimum absolute atomic E-state index is 0.169. The number of sulfonamides is 1. The molecule has 0 unspecified atom stereocenters. The monoisotopic (exact) mass is 464 g/mol. The van der Waals surface area contributed by atoms with Crippen molar-refractivity contribution < 1.29 is 8.42 Å². The fourth-order valence-electron chi connectivity index (χ4n) is 4.56. The third-order valence-corrected chi connectivity index (χ3v) is 8.22. The number of aromatic nitrogens is 4. The molecule has 0 N–H and O–H groups in total. The lowest BCUT2D eigenvalue weighted by atomic mass is 10.2. The Balaban J connectivity index is 1.54. The molecular formula is C24H28N6O2S. The molecule has 0 aliphatic carbocycles. The van der Waals surface area contributed by atoms with E-state index in [0.717, 1.165) is 33.9 Å². The molecule has 0 saturated carbocycles. The molecule has 1 aliphatic heterocycles. The maximum atomic E-state index is 13.3. The van der Waals surface area contributed by atoms with Gasteiger partial charge in [0, 0.05) is 37.0 Å². The van der Waals surface area contributed by atoms with Gasteiger partial charge in [0.1, 0.15) is 5.82 Å². The van der Waals surface area contributed by atoms with Crippen molar-refractivity contribution >= 4 is 32.5 Å². The Labute approximate surface area is 193 Å². The van der Waals surface area contributed by atoms with E-state index >= 15 is 0 Å². The van der Waals surface area contributed by atoms with Gasteiger partial charge in [-0.25, -0.2) is 17.8 Å². The summed E-state index contributed by atoms with van der Waals surface area (Å²) in [6, 6.07) is 14.8. The summed E-state index contributed by atoms with van der Waals surface area (Å²) in [4.78, 5) is 7.47. The molecule has 1 aliphatic rings. The Morgan fingerprint density at radius 1 is 1.03 bits per heavy atom. The van der Waals surface area contributed by atoms with E-state index in [9.17, 15) is 8.42 Å². The van der Waals surface area contributed by atoms with Gasteiger partial charge < -0.3 is 4.90 Å². The largest absolute Gasteiger partial charge is 0.339 e. The first-order chi connectivity index (χ1) is 15.8. The topological polar surface area (TPSA) is 83.7 Å². The molecular weight excluding hydrogens is 436 g/mol. The van der Waals surface area contributed by atoms with E-state index in [1.54, 1.807) is 22.5 Å². The van der Waals surface area contributed by atoms with E-state index < -0.39 is 10.0 Å². The summed E-state index contributed by atoms with van der Waals surface area (Å²) in [5.41, 5.74) is 2.56. The van der Waals surface area contributed by atoms with Crippen LogP contribution in [0.15, 0.2) is 53.4 Å². The average Bonchev–Trinajstić information content (AvgIpc) is 3.24. The lowest BCUT2D eigenvalue weighted by Crippen LogP contribution is -2.54. The Hall–Kier alpha value is -3.04. The van der Waals surface area contributed by atoms with E-state index in [0.29, 0.717) is 24.5 Å². The minimum atomic E-state index is -3.57. The number of fused-ring (bicyclic) bond motifs is 3. The first-order valence-electron chi connectivity index (χ1n) is 11.2. The molecule has 9 heteroatoms.